The van der Waals surface area contributed by atoms with E-state index in [4.69, 9.17) is 5.11 Å². The summed E-state index contributed by atoms with van der Waals surface area (Å²) >= 11 is 0. The second kappa shape index (κ2) is 4.85. The minimum absolute atomic E-state index is 0.108. The van der Waals surface area contributed by atoms with E-state index in [1.165, 1.54) is 6.07 Å². The molecule has 0 aromatic heterocycles. The Bertz CT molecular complexity index is 692. The summed E-state index contributed by atoms with van der Waals surface area (Å²) in [5.74, 6) is -2.67. The van der Waals surface area contributed by atoms with Gasteiger partial charge in [-0.15, -0.1) is 0 Å². The maximum Gasteiger partial charge on any atom is 0.372 e. The molecule has 6 nitrogen and oxygen atoms in total. The minimum atomic E-state index is -1.59. The maximum atomic E-state index is 11.2. The number of benzene rings is 2. The number of aliphatic carboxylic acids is 1. The van der Waals surface area contributed by atoms with Crippen molar-refractivity contribution in [1.82, 2.24) is 0 Å². The Balaban J connectivity index is 2.61. The standard InChI is InChI=1S/C13H9NO5/c15-11(13(16)17)7-9-6-5-8-3-1-2-4-10(8)12(9)14(18)19/h1-6H,7H2,(H,16,17). The average molecular weight is 259 g/mol. The molecule has 0 saturated heterocycles. The van der Waals surface area contributed by atoms with Crippen molar-refractivity contribution in [3.8, 4) is 0 Å². The van der Waals surface area contributed by atoms with Gasteiger partial charge in [-0.3, -0.25) is 14.9 Å². The van der Waals surface area contributed by atoms with Gasteiger partial charge in [0.15, 0.2) is 0 Å². The lowest BCUT2D eigenvalue weighted by molar-refractivity contribution is -0.383. The predicted octanol–water partition coefficient (Wildman–Crippen LogP) is 1.94. The number of Topliss-reactive ketones (excluding diaryl/α,β-unsaturated/α-hetero) is 1. The molecule has 6 heteroatoms. The van der Waals surface area contributed by atoms with Gasteiger partial charge in [-0.1, -0.05) is 30.3 Å². The number of carboxylic acid groups (broad SMARTS) is 1. The fourth-order valence-corrected chi connectivity index (χ4v) is 1.91. The first-order valence-electron chi connectivity index (χ1n) is 5.42. The molecule has 2 aromatic rings. The highest BCUT2D eigenvalue weighted by atomic mass is 16.6. The topological polar surface area (TPSA) is 97.5 Å². The summed E-state index contributed by atoms with van der Waals surface area (Å²) in [7, 11) is 0. The second-order valence-electron chi connectivity index (χ2n) is 3.96. The van der Waals surface area contributed by atoms with Crippen LogP contribution in [0.5, 0.6) is 0 Å². The fraction of sp³-hybridized carbons (Fsp3) is 0.0769. The van der Waals surface area contributed by atoms with Crippen molar-refractivity contribution in [2.75, 3.05) is 0 Å². The molecule has 2 aromatic carbocycles. The quantitative estimate of drug-likeness (QED) is 0.514. The number of carbonyl (C=O) groups excluding carboxylic acids is 1. The summed E-state index contributed by atoms with van der Waals surface area (Å²) in [6, 6.07) is 9.73. The van der Waals surface area contributed by atoms with E-state index in [-0.39, 0.29) is 11.3 Å². The largest absolute Gasteiger partial charge is 0.475 e. The summed E-state index contributed by atoms with van der Waals surface area (Å²) in [6.45, 7) is 0. The molecule has 19 heavy (non-hydrogen) atoms. The molecule has 0 saturated carbocycles. The number of carbonyl (C=O) groups is 2. The van der Waals surface area contributed by atoms with Crippen LogP contribution in [0.15, 0.2) is 36.4 Å². The Kier molecular flexibility index (Phi) is 3.24. The van der Waals surface area contributed by atoms with E-state index < -0.39 is 23.1 Å². The van der Waals surface area contributed by atoms with Gasteiger partial charge in [0.1, 0.15) is 0 Å². The highest BCUT2D eigenvalue weighted by molar-refractivity contribution is 6.33. The van der Waals surface area contributed by atoms with Crippen molar-refractivity contribution in [2.24, 2.45) is 0 Å². The Morgan fingerprint density at radius 3 is 2.47 bits per heavy atom. The van der Waals surface area contributed by atoms with Gasteiger partial charge in [0.2, 0.25) is 5.78 Å². The molecular formula is C13H9NO5. The molecule has 0 aliphatic rings. The van der Waals surface area contributed by atoms with Crippen LogP contribution in [0.25, 0.3) is 10.8 Å². The van der Waals surface area contributed by atoms with Crippen molar-refractivity contribution >= 4 is 28.2 Å². The van der Waals surface area contributed by atoms with Gasteiger partial charge in [0.05, 0.1) is 10.3 Å². The number of hydrogen-bond acceptors (Lipinski definition) is 4. The smallest absolute Gasteiger partial charge is 0.372 e. The summed E-state index contributed by atoms with van der Waals surface area (Å²) < 4.78 is 0. The van der Waals surface area contributed by atoms with E-state index in [9.17, 15) is 19.7 Å². The molecule has 0 aliphatic carbocycles. The van der Waals surface area contributed by atoms with Crippen LogP contribution in [0, 0.1) is 10.1 Å². The van der Waals surface area contributed by atoms with Crippen molar-refractivity contribution in [2.45, 2.75) is 6.42 Å². The summed E-state index contributed by atoms with van der Waals surface area (Å²) in [6.07, 6.45) is -0.490. The molecule has 0 atom stereocenters. The van der Waals surface area contributed by atoms with Crippen LogP contribution in [0.2, 0.25) is 0 Å². The maximum absolute atomic E-state index is 11.2. The molecule has 96 valence electrons. The third kappa shape index (κ3) is 2.42. The van der Waals surface area contributed by atoms with Crippen molar-refractivity contribution in [3.63, 3.8) is 0 Å². The van der Waals surface area contributed by atoms with E-state index in [0.717, 1.165) is 0 Å². The van der Waals surface area contributed by atoms with Gasteiger partial charge >= 0.3 is 5.97 Å². The summed E-state index contributed by atoms with van der Waals surface area (Å²) in [5.41, 5.74) is -0.108. The van der Waals surface area contributed by atoms with E-state index in [1.54, 1.807) is 30.3 Å². The molecule has 0 spiro atoms. The van der Waals surface area contributed by atoms with Gasteiger partial charge in [-0.2, -0.15) is 0 Å². The molecule has 0 unspecified atom stereocenters. The molecular weight excluding hydrogens is 250 g/mol. The molecule has 0 amide bonds. The Morgan fingerprint density at radius 2 is 1.84 bits per heavy atom. The number of rotatable bonds is 4. The van der Waals surface area contributed by atoms with Crippen LogP contribution in [0.3, 0.4) is 0 Å². The van der Waals surface area contributed by atoms with Crippen molar-refractivity contribution < 1.29 is 19.6 Å². The molecule has 0 aliphatic heterocycles. The SMILES string of the molecule is O=C(O)C(=O)Cc1ccc2ccccc2c1[N+](=O)[O-]. The molecule has 0 fully saturated rings. The lowest BCUT2D eigenvalue weighted by Gasteiger charge is -2.04. The second-order valence-corrected chi connectivity index (χ2v) is 3.96. The third-order valence-electron chi connectivity index (χ3n) is 2.76. The number of nitro groups is 1. The molecule has 0 bridgehead atoms. The van der Waals surface area contributed by atoms with Crippen molar-refractivity contribution in [1.29, 1.82) is 0 Å². The van der Waals surface area contributed by atoms with Crippen LogP contribution in [0.4, 0.5) is 5.69 Å². The Labute approximate surface area is 107 Å². The zero-order valence-corrected chi connectivity index (χ0v) is 9.70. The average Bonchev–Trinajstić information content (AvgIpc) is 2.37. The minimum Gasteiger partial charge on any atom is -0.475 e. The predicted molar refractivity (Wildman–Crippen MR) is 66.9 cm³/mol. The number of hydrogen-bond donors (Lipinski definition) is 1. The van der Waals surface area contributed by atoms with Gasteiger partial charge < -0.3 is 5.11 Å². The fourth-order valence-electron chi connectivity index (χ4n) is 1.91. The first kappa shape index (κ1) is 12.7. The Hall–Kier alpha value is -2.76. The molecule has 1 N–H and O–H groups in total. The van der Waals surface area contributed by atoms with Gasteiger partial charge in [-0.05, 0) is 11.5 Å². The van der Waals surface area contributed by atoms with Crippen LogP contribution in [0.1, 0.15) is 5.56 Å². The number of nitro benzene ring substituents is 1. The zero-order valence-electron chi connectivity index (χ0n) is 9.70. The van der Waals surface area contributed by atoms with E-state index in [2.05, 4.69) is 0 Å². The summed E-state index contributed by atoms with van der Waals surface area (Å²) in [4.78, 5) is 32.3. The number of nitrogens with zero attached hydrogens (tertiary/aromatic N) is 1. The lowest BCUT2D eigenvalue weighted by atomic mass is 10.0. The van der Waals surface area contributed by atoms with Gasteiger partial charge in [0, 0.05) is 12.0 Å². The van der Waals surface area contributed by atoms with Gasteiger partial charge in [-0.25, -0.2) is 4.79 Å². The van der Waals surface area contributed by atoms with Gasteiger partial charge in [0.25, 0.3) is 5.69 Å². The first-order chi connectivity index (χ1) is 9.00. The monoisotopic (exact) mass is 259 g/mol. The lowest BCUT2D eigenvalue weighted by Crippen LogP contribution is -2.15. The number of carboxylic acids is 1. The number of fused-ring (bicyclic) bond motifs is 1. The normalized spacial score (nSPS) is 10.3. The number of ketones is 1. The Morgan fingerprint density at radius 1 is 1.16 bits per heavy atom. The van der Waals surface area contributed by atoms with E-state index >= 15 is 0 Å². The molecule has 0 radical (unpaired) electrons. The molecule has 2 rings (SSSR count). The van der Waals surface area contributed by atoms with E-state index in [1.807, 2.05) is 0 Å². The van der Waals surface area contributed by atoms with Crippen molar-refractivity contribution in [3.05, 3.63) is 52.1 Å². The van der Waals surface area contributed by atoms with Crippen LogP contribution < -0.4 is 0 Å². The van der Waals surface area contributed by atoms with Crippen LogP contribution in [-0.2, 0) is 16.0 Å². The van der Waals surface area contributed by atoms with Crippen LogP contribution in [-0.4, -0.2) is 21.8 Å². The van der Waals surface area contributed by atoms with Crippen LogP contribution >= 0.6 is 0 Å². The zero-order chi connectivity index (χ0) is 14.0. The highest BCUT2D eigenvalue weighted by Gasteiger charge is 2.22. The summed E-state index contributed by atoms with van der Waals surface area (Å²) in [5, 5.41) is 20.8. The highest BCUT2D eigenvalue weighted by Crippen LogP contribution is 2.29. The molecule has 0 heterocycles. The first-order valence-corrected chi connectivity index (χ1v) is 5.42. The third-order valence-corrected chi connectivity index (χ3v) is 2.76. The van der Waals surface area contributed by atoms with E-state index in [0.29, 0.717) is 10.8 Å².